The van der Waals surface area contributed by atoms with Crippen molar-refractivity contribution in [2.24, 2.45) is 0 Å². The van der Waals surface area contributed by atoms with Crippen LogP contribution in [0.25, 0.3) is 11.1 Å². The summed E-state index contributed by atoms with van der Waals surface area (Å²) in [5.41, 5.74) is 6.12. The van der Waals surface area contributed by atoms with Gasteiger partial charge >= 0.3 is 0 Å². The molecule has 1 aliphatic heterocycles. The van der Waals surface area contributed by atoms with Crippen LogP contribution in [0.3, 0.4) is 0 Å². The number of thiophene rings is 1. The number of rotatable bonds is 5. The highest BCUT2D eigenvalue weighted by atomic mass is 35.5. The third-order valence-electron chi connectivity index (χ3n) is 6.12. The minimum atomic E-state index is -0.0369. The lowest BCUT2D eigenvalue weighted by atomic mass is 9.83. The number of hydrogen-bond acceptors (Lipinski definition) is 3. The standard InChI is InChI=1S/C24H24ClN3OS/c1-3-23(29)27-12-19(18-11-22(25)30-21(18)14-27)16-7-5-6-8-17(16)20-13-28(4-2)26-24(20)15-9-10-15/h3,5-8,11,13,15,19H,1,4,9-10,12,14H2,2H3/t19-/m0/s1. The van der Waals surface area contributed by atoms with E-state index in [0.717, 1.165) is 15.8 Å². The van der Waals surface area contributed by atoms with E-state index in [2.05, 4.69) is 50.0 Å². The number of carbonyl (C=O) groups is 1. The molecule has 2 aliphatic rings. The molecule has 0 unspecified atom stereocenters. The largest absolute Gasteiger partial charge is 0.333 e. The van der Waals surface area contributed by atoms with Gasteiger partial charge in [-0.3, -0.25) is 9.48 Å². The van der Waals surface area contributed by atoms with Crippen molar-refractivity contribution in [3.05, 3.63) is 75.2 Å². The molecule has 1 fully saturated rings. The Morgan fingerprint density at radius 2 is 2.10 bits per heavy atom. The van der Waals surface area contributed by atoms with Gasteiger partial charge in [0.25, 0.3) is 0 Å². The molecule has 154 valence electrons. The van der Waals surface area contributed by atoms with Crippen LogP contribution in [0, 0.1) is 0 Å². The smallest absolute Gasteiger partial charge is 0.246 e. The van der Waals surface area contributed by atoms with Crippen molar-refractivity contribution in [2.75, 3.05) is 6.54 Å². The lowest BCUT2D eigenvalue weighted by Crippen LogP contribution is -2.37. The van der Waals surface area contributed by atoms with Crippen LogP contribution in [-0.2, 0) is 17.9 Å². The Morgan fingerprint density at radius 3 is 2.83 bits per heavy atom. The van der Waals surface area contributed by atoms with E-state index in [1.165, 1.54) is 46.9 Å². The summed E-state index contributed by atoms with van der Waals surface area (Å²) >= 11 is 7.97. The lowest BCUT2D eigenvalue weighted by molar-refractivity contribution is -0.127. The number of fused-ring (bicyclic) bond motifs is 1. The fraction of sp³-hybridized carbons (Fsp3) is 0.333. The van der Waals surface area contributed by atoms with E-state index >= 15 is 0 Å². The van der Waals surface area contributed by atoms with Crippen LogP contribution in [-0.4, -0.2) is 27.1 Å². The van der Waals surface area contributed by atoms with Gasteiger partial charge in [-0.2, -0.15) is 5.10 Å². The molecule has 3 aromatic rings. The summed E-state index contributed by atoms with van der Waals surface area (Å²) in [5, 5.41) is 4.88. The van der Waals surface area contributed by atoms with E-state index in [1.807, 2.05) is 9.58 Å². The molecule has 1 saturated carbocycles. The first kappa shape index (κ1) is 19.6. The van der Waals surface area contributed by atoms with Crippen molar-refractivity contribution in [2.45, 2.75) is 44.7 Å². The number of amides is 1. The van der Waals surface area contributed by atoms with Gasteiger partial charge in [-0.05, 0) is 48.6 Å². The first-order valence-electron chi connectivity index (χ1n) is 10.4. The maximum Gasteiger partial charge on any atom is 0.246 e. The monoisotopic (exact) mass is 437 g/mol. The van der Waals surface area contributed by atoms with Gasteiger partial charge in [-0.25, -0.2) is 0 Å². The predicted molar refractivity (Wildman–Crippen MR) is 122 cm³/mol. The van der Waals surface area contributed by atoms with Crippen LogP contribution in [0.4, 0.5) is 0 Å². The Kier molecular flexibility index (Phi) is 5.03. The van der Waals surface area contributed by atoms with Gasteiger partial charge in [0.15, 0.2) is 0 Å². The Bertz CT molecular complexity index is 1130. The van der Waals surface area contributed by atoms with Crippen molar-refractivity contribution in [1.82, 2.24) is 14.7 Å². The molecule has 3 heterocycles. The topological polar surface area (TPSA) is 38.1 Å². The molecule has 1 aliphatic carbocycles. The number of halogens is 1. The van der Waals surface area contributed by atoms with Gasteiger partial charge in [0, 0.05) is 41.6 Å². The molecule has 1 amide bonds. The van der Waals surface area contributed by atoms with Crippen molar-refractivity contribution in [1.29, 1.82) is 0 Å². The van der Waals surface area contributed by atoms with Crippen molar-refractivity contribution < 1.29 is 4.79 Å². The zero-order valence-electron chi connectivity index (χ0n) is 17.0. The fourth-order valence-corrected chi connectivity index (χ4v) is 5.81. The minimum absolute atomic E-state index is 0.0369. The second-order valence-corrected chi connectivity index (χ2v) is 9.82. The van der Waals surface area contributed by atoms with E-state index in [1.54, 1.807) is 11.3 Å². The van der Waals surface area contributed by atoms with Crippen LogP contribution in [0.15, 0.2) is 49.2 Å². The highest BCUT2D eigenvalue weighted by Gasteiger charge is 2.34. The maximum absolute atomic E-state index is 12.5. The Morgan fingerprint density at radius 1 is 1.30 bits per heavy atom. The normalized spacial score (nSPS) is 18.3. The third kappa shape index (κ3) is 3.40. The van der Waals surface area contributed by atoms with Crippen LogP contribution in [0.5, 0.6) is 0 Å². The Labute approximate surface area is 185 Å². The molecule has 0 spiro atoms. The highest BCUT2D eigenvalue weighted by molar-refractivity contribution is 7.16. The zero-order chi connectivity index (χ0) is 20.8. The number of carbonyl (C=O) groups excluding carboxylic acids is 1. The number of aromatic nitrogens is 2. The lowest BCUT2D eigenvalue weighted by Gasteiger charge is -2.33. The molecule has 1 atom stereocenters. The quantitative estimate of drug-likeness (QED) is 0.471. The number of benzene rings is 1. The second kappa shape index (κ2) is 7.71. The first-order valence-corrected chi connectivity index (χ1v) is 11.6. The summed E-state index contributed by atoms with van der Waals surface area (Å²) in [7, 11) is 0. The second-order valence-electron chi connectivity index (χ2n) is 8.05. The Balaban J connectivity index is 1.64. The van der Waals surface area contributed by atoms with Gasteiger partial charge in [0.05, 0.1) is 16.6 Å². The van der Waals surface area contributed by atoms with Gasteiger partial charge in [-0.15, -0.1) is 11.3 Å². The van der Waals surface area contributed by atoms with Crippen molar-refractivity contribution in [3.63, 3.8) is 0 Å². The van der Waals surface area contributed by atoms with Crippen molar-refractivity contribution >= 4 is 28.8 Å². The number of hydrogen-bond donors (Lipinski definition) is 0. The van der Waals surface area contributed by atoms with E-state index < -0.39 is 0 Å². The molecule has 5 rings (SSSR count). The summed E-state index contributed by atoms with van der Waals surface area (Å²) in [5.74, 6) is 0.608. The summed E-state index contributed by atoms with van der Waals surface area (Å²) in [6, 6.07) is 10.6. The SMILES string of the molecule is C=CC(=O)N1Cc2sc(Cl)cc2[C@H](c2ccccc2-c2cn(CC)nc2C2CC2)C1. The molecular weight excluding hydrogens is 414 g/mol. The van der Waals surface area contributed by atoms with Gasteiger partial charge in [0.1, 0.15) is 0 Å². The third-order valence-corrected chi connectivity index (χ3v) is 7.38. The maximum atomic E-state index is 12.5. The van der Waals surface area contributed by atoms with E-state index in [0.29, 0.717) is 19.0 Å². The summed E-state index contributed by atoms with van der Waals surface area (Å²) in [6.07, 6.45) is 6.01. The summed E-state index contributed by atoms with van der Waals surface area (Å²) < 4.78 is 2.81. The van der Waals surface area contributed by atoms with Crippen LogP contribution in [0.1, 0.15) is 53.3 Å². The molecule has 6 heteroatoms. The van der Waals surface area contributed by atoms with E-state index in [9.17, 15) is 4.79 Å². The molecule has 1 aromatic carbocycles. The number of nitrogens with zero attached hydrogens (tertiary/aromatic N) is 3. The molecule has 0 saturated heterocycles. The molecule has 0 radical (unpaired) electrons. The molecule has 0 N–H and O–H groups in total. The average molecular weight is 438 g/mol. The fourth-order valence-electron chi connectivity index (χ4n) is 4.46. The molecule has 0 bridgehead atoms. The molecule has 30 heavy (non-hydrogen) atoms. The zero-order valence-corrected chi connectivity index (χ0v) is 18.5. The van der Waals surface area contributed by atoms with Crippen molar-refractivity contribution in [3.8, 4) is 11.1 Å². The van der Waals surface area contributed by atoms with Crippen LogP contribution in [0.2, 0.25) is 4.34 Å². The van der Waals surface area contributed by atoms with Gasteiger partial charge < -0.3 is 4.90 Å². The van der Waals surface area contributed by atoms with Crippen LogP contribution < -0.4 is 0 Å². The highest BCUT2D eigenvalue weighted by Crippen LogP contribution is 2.47. The molecule has 4 nitrogen and oxygen atoms in total. The van der Waals surface area contributed by atoms with E-state index in [4.69, 9.17) is 16.7 Å². The van der Waals surface area contributed by atoms with Gasteiger partial charge in [0.2, 0.25) is 5.91 Å². The first-order chi connectivity index (χ1) is 14.6. The molecule has 2 aromatic heterocycles. The predicted octanol–water partition coefficient (Wildman–Crippen LogP) is 5.82. The number of aryl methyl sites for hydroxylation is 1. The van der Waals surface area contributed by atoms with E-state index in [-0.39, 0.29) is 11.8 Å². The van der Waals surface area contributed by atoms with Gasteiger partial charge in [-0.1, -0.05) is 42.4 Å². The summed E-state index contributed by atoms with van der Waals surface area (Å²) in [4.78, 5) is 15.5. The summed E-state index contributed by atoms with van der Waals surface area (Å²) in [6.45, 7) is 7.89. The van der Waals surface area contributed by atoms with Crippen LogP contribution >= 0.6 is 22.9 Å². The minimum Gasteiger partial charge on any atom is -0.333 e. The Hall–Kier alpha value is -2.37. The molecular formula is C24H24ClN3OS. The average Bonchev–Trinajstić information content (AvgIpc) is 3.40.